The van der Waals surface area contributed by atoms with Gasteiger partial charge in [-0.1, -0.05) is 50.5 Å². The first kappa shape index (κ1) is 34.0. The van der Waals surface area contributed by atoms with Gasteiger partial charge in [0.15, 0.2) is 0 Å². The molecule has 1 aromatic carbocycles. The van der Waals surface area contributed by atoms with E-state index in [0.29, 0.717) is 25.9 Å². The molecule has 4 fully saturated rings. The number of hydrogen-bond donors (Lipinski definition) is 2. The number of benzene rings is 1. The van der Waals surface area contributed by atoms with E-state index in [1.54, 1.807) is 11.0 Å². The SMILES string of the molecule is C=C[C@@H]1C[C@]1(NC(=O)[C@@H]1C[C@@H]2CN1C(=O)[C@@H]1[C@@H](C)CCN1CCCCCCCc1cccc3c1CN(C3)C(=O)O2)C(=O)NS(=O)(=O)C1CC1. The highest BCUT2D eigenvalue weighted by Crippen LogP contribution is 2.45. The van der Waals surface area contributed by atoms with Crippen molar-refractivity contribution in [3.63, 3.8) is 0 Å². The molecule has 13 heteroatoms. The van der Waals surface area contributed by atoms with Crippen LogP contribution in [0.4, 0.5) is 4.79 Å². The Kier molecular flexibility index (Phi) is 9.27. The topological polar surface area (TPSA) is 145 Å². The van der Waals surface area contributed by atoms with E-state index < -0.39 is 62.8 Å². The number of aryl methyl sites for hydroxylation is 1. The molecular weight excluding hydrogens is 646 g/mol. The zero-order valence-corrected chi connectivity index (χ0v) is 29.2. The summed E-state index contributed by atoms with van der Waals surface area (Å²) in [6.07, 6.45) is 8.85. The smallest absolute Gasteiger partial charge is 0.410 e. The molecule has 0 spiro atoms. The van der Waals surface area contributed by atoms with Crippen LogP contribution in [0.3, 0.4) is 0 Å². The Morgan fingerprint density at radius 2 is 1.78 bits per heavy atom. The van der Waals surface area contributed by atoms with Crippen molar-refractivity contribution in [1.82, 2.24) is 24.7 Å². The molecule has 7 rings (SSSR count). The van der Waals surface area contributed by atoms with E-state index in [9.17, 15) is 27.6 Å². The van der Waals surface area contributed by atoms with Crippen LogP contribution in [-0.2, 0) is 48.7 Å². The summed E-state index contributed by atoms with van der Waals surface area (Å²) in [6, 6.07) is 4.86. The minimum Gasteiger partial charge on any atom is -0.444 e. The van der Waals surface area contributed by atoms with Crippen LogP contribution in [0, 0.1) is 11.8 Å². The molecule has 2 saturated carbocycles. The summed E-state index contributed by atoms with van der Waals surface area (Å²) in [6.45, 7) is 8.42. The van der Waals surface area contributed by atoms with Gasteiger partial charge < -0.3 is 15.0 Å². The molecule has 2 saturated heterocycles. The maximum Gasteiger partial charge on any atom is 0.410 e. The average Bonchev–Trinajstić information content (AvgIpc) is 3.91. The number of amides is 4. The van der Waals surface area contributed by atoms with E-state index in [0.717, 1.165) is 63.6 Å². The summed E-state index contributed by atoms with van der Waals surface area (Å²) in [4.78, 5) is 61.1. The van der Waals surface area contributed by atoms with E-state index in [1.807, 2.05) is 0 Å². The Balaban J connectivity index is 1.13. The van der Waals surface area contributed by atoms with Gasteiger partial charge in [-0.25, -0.2) is 13.2 Å². The van der Waals surface area contributed by atoms with Crippen LogP contribution in [0.15, 0.2) is 30.9 Å². The van der Waals surface area contributed by atoms with Crippen molar-refractivity contribution in [3.05, 3.63) is 47.5 Å². The van der Waals surface area contributed by atoms with E-state index >= 15 is 0 Å². The highest BCUT2D eigenvalue weighted by atomic mass is 32.2. The number of sulfonamides is 1. The van der Waals surface area contributed by atoms with Crippen LogP contribution in [0.5, 0.6) is 0 Å². The van der Waals surface area contributed by atoms with Crippen LogP contribution >= 0.6 is 0 Å². The van der Waals surface area contributed by atoms with Gasteiger partial charge in [-0.15, -0.1) is 6.58 Å². The van der Waals surface area contributed by atoms with Crippen molar-refractivity contribution in [2.75, 3.05) is 19.6 Å². The third kappa shape index (κ3) is 6.72. The van der Waals surface area contributed by atoms with Crippen molar-refractivity contribution >= 4 is 33.8 Å². The van der Waals surface area contributed by atoms with Crippen molar-refractivity contribution < 1.29 is 32.3 Å². The van der Waals surface area contributed by atoms with Gasteiger partial charge in [0.25, 0.3) is 5.91 Å². The lowest BCUT2D eigenvalue weighted by molar-refractivity contribution is -0.143. The summed E-state index contributed by atoms with van der Waals surface area (Å²) in [5.41, 5.74) is 2.10. The number of nitrogens with zero attached hydrogens (tertiary/aromatic N) is 3. The summed E-state index contributed by atoms with van der Waals surface area (Å²) in [5.74, 6) is -1.89. The molecule has 2 aliphatic carbocycles. The minimum atomic E-state index is -3.84. The predicted octanol–water partition coefficient (Wildman–Crippen LogP) is 2.99. The second-order valence-corrected chi connectivity index (χ2v) is 17.1. The second kappa shape index (κ2) is 13.4. The van der Waals surface area contributed by atoms with Gasteiger partial charge in [0, 0.05) is 25.4 Å². The van der Waals surface area contributed by atoms with Crippen LogP contribution in [0.2, 0.25) is 0 Å². The first-order valence-electron chi connectivity index (χ1n) is 18.1. The Bertz CT molecular complexity index is 1630. The molecule has 0 unspecified atom stereocenters. The monoisotopic (exact) mass is 695 g/mol. The van der Waals surface area contributed by atoms with Crippen LogP contribution < -0.4 is 10.0 Å². The lowest BCUT2D eigenvalue weighted by Gasteiger charge is -2.33. The molecule has 1 aromatic rings. The Morgan fingerprint density at radius 3 is 2.53 bits per heavy atom. The van der Waals surface area contributed by atoms with Gasteiger partial charge in [0.2, 0.25) is 21.8 Å². The molecule has 12 nitrogen and oxygen atoms in total. The maximum absolute atomic E-state index is 14.4. The van der Waals surface area contributed by atoms with Gasteiger partial charge in [0.1, 0.15) is 17.7 Å². The van der Waals surface area contributed by atoms with Crippen LogP contribution in [0.25, 0.3) is 0 Å². The molecule has 49 heavy (non-hydrogen) atoms. The average molecular weight is 696 g/mol. The molecule has 0 aromatic heterocycles. The van der Waals surface area contributed by atoms with Gasteiger partial charge in [-0.05, 0) is 80.6 Å². The number of fused-ring (bicyclic) bond motifs is 4. The summed E-state index contributed by atoms with van der Waals surface area (Å²) in [7, 11) is -3.84. The largest absolute Gasteiger partial charge is 0.444 e. The number of nitrogens with one attached hydrogen (secondary N) is 2. The second-order valence-electron chi connectivity index (χ2n) is 15.1. The first-order valence-corrected chi connectivity index (χ1v) is 19.7. The fraction of sp³-hybridized carbons (Fsp3) is 0.667. The van der Waals surface area contributed by atoms with E-state index in [1.165, 1.54) is 16.0 Å². The lowest BCUT2D eigenvalue weighted by atomic mass is 9.98. The molecule has 4 aliphatic heterocycles. The summed E-state index contributed by atoms with van der Waals surface area (Å²) in [5, 5.41) is 2.25. The van der Waals surface area contributed by atoms with Gasteiger partial charge in [0.05, 0.1) is 17.8 Å². The van der Waals surface area contributed by atoms with Crippen molar-refractivity contribution in [3.8, 4) is 0 Å². The van der Waals surface area contributed by atoms with Crippen LogP contribution in [0.1, 0.15) is 87.8 Å². The zero-order valence-electron chi connectivity index (χ0n) is 28.4. The van der Waals surface area contributed by atoms with Crippen molar-refractivity contribution in [2.45, 2.75) is 120 Å². The molecular formula is C36H49N5O7S. The Hall–Kier alpha value is -3.45. The quantitative estimate of drug-likeness (QED) is 0.433. The van der Waals surface area contributed by atoms with Gasteiger partial charge >= 0.3 is 6.09 Å². The van der Waals surface area contributed by atoms with E-state index in [-0.39, 0.29) is 31.2 Å². The normalized spacial score (nSPS) is 32.4. The maximum atomic E-state index is 14.4. The number of rotatable bonds is 6. The van der Waals surface area contributed by atoms with Crippen LogP contribution in [-0.4, -0.2) is 95.5 Å². The van der Waals surface area contributed by atoms with Gasteiger partial charge in [-0.3, -0.25) is 28.9 Å². The fourth-order valence-electron chi connectivity index (χ4n) is 8.47. The molecule has 6 aliphatic rings. The predicted molar refractivity (Wildman–Crippen MR) is 181 cm³/mol. The third-order valence-electron chi connectivity index (χ3n) is 11.7. The molecule has 4 bridgehead atoms. The minimum absolute atomic E-state index is 0.0614. The number of carbonyl (C=O) groups excluding carboxylic acids is 4. The fourth-order valence-corrected chi connectivity index (χ4v) is 9.84. The standard InChI is InChI=1S/C36H49N5O7S/c1-3-26-19-36(26,34(44)38-49(46,47)28-13-14-28)37-32(42)30-18-27-21-41(30)33(43)31-23(2)15-17-39(31)16-8-6-4-5-7-10-24-11-9-12-25-20-40(22-29(24)25)35(45)48-27/h3,9,11-12,23,26-28,30-31H,1,4-8,10,13-22H2,2H3,(H,37,42)(H,38,44)/t23-,26+,27+,30-,31-,36+/m0/s1. The molecule has 6 atom stereocenters. The highest BCUT2D eigenvalue weighted by molar-refractivity contribution is 7.91. The molecule has 266 valence electrons. The van der Waals surface area contributed by atoms with Gasteiger partial charge in [-0.2, -0.15) is 0 Å². The Morgan fingerprint density at radius 1 is 1.02 bits per heavy atom. The lowest BCUT2D eigenvalue weighted by Crippen LogP contribution is -2.58. The summed E-state index contributed by atoms with van der Waals surface area (Å²) >= 11 is 0. The van der Waals surface area contributed by atoms with E-state index in [2.05, 4.69) is 46.6 Å². The molecule has 4 amide bonds. The molecule has 4 heterocycles. The Labute approximate surface area is 289 Å². The highest BCUT2D eigenvalue weighted by Gasteiger charge is 2.62. The number of hydrogen-bond acceptors (Lipinski definition) is 8. The van der Waals surface area contributed by atoms with Crippen molar-refractivity contribution in [2.24, 2.45) is 11.8 Å². The zero-order chi connectivity index (χ0) is 34.5. The molecule has 2 N–H and O–H groups in total. The van der Waals surface area contributed by atoms with Crippen molar-refractivity contribution in [1.29, 1.82) is 0 Å². The molecule has 0 radical (unpaired) electrons. The van der Waals surface area contributed by atoms with E-state index in [4.69, 9.17) is 4.74 Å². The summed E-state index contributed by atoms with van der Waals surface area (Å²) < 4.78 is 33.5. The number of carbonyl (C=O) groups is 4. The first-order chi connectivity index (χ1) is 23.5. The third-order valence-corrected chi connectivity index (χ3v) is 13.5. The number of ether oxygens (including phenoxy) is 1.